The van der Waals surface area contributed by atoms with Crippen LogP contribution in [-0.2, 0) is 4.74 Å². The molecule has 1 saturated heterocycles. The highest BCUT2D eigenvalue weighted by molar-refractivity contribution is 5.90. The first-order chi connectivity index (χ1) is 11.8. The van der Waals surface area contributed by atoms with Crippen molar-refractivity contribution in [3.63, 3.8) is 0 Å². The maximum atomic E-state index is 12.2. The minimum absolute atomic E-state index is 0.0229. The van der Waals surface area contributed by atoms with Crippen LogP contribution in [0.5, 0.6) is 0 Å². The van der Waals surface area contributed by atoms with Crippen molar-refractivity contribution in [3.05, 3.63) is 54.6 Å². The monoisotopic (exact) mass is 323 g/mol. The Morgan fingerprint density at radius 1 is 1.00 bits per heavy atom. The van der Waals surface area contributed by atoms with E-state index in [0.29, 0.717) is 6.54 Å². The lowest BCUT2D eigenvalue weighted by Gasteiger charge is -2.14. The summed E-state index contributed by atoms with van der Waals surface area (Å²) in [5, 5.41) is 0. The molecule has 1 aliphatic heterocycles. The van der Waals surface area contributed by atoms with Gasteiger partial charge in [0.05, 0.1) is 6.54 Å². The number of anilines is 1. The Hall–Kier alpha value is -2.29. The molecule has 24 heavy (non-hydrogen) atoms. The van der Waals surface area contributed by atoms with Gasteiger partial charge in [-0.15, -0.1) is 0 Å². The predicted octanol–water partition coefficient (Wildman–Crippen LogP) is 5.65. The van der Waals surface area contributed by atoms with Gasteiger partial charge in [0.15, 0.2) is 0 Å². The number of cyclic esters (lactones) is 1. The number of amides is 1. The van der Waals surface area contributed by atoms with Gasteiger partial charge in [0.1, 0.15) is 6.10 Å². The number of nitrogens with zero attached hydrogens (tertiary/aromatic N) is 1. The fraction of sp³-hybridized carbons (Fsp3) is 0.381. The lowest BCUT2D eigenvalue weighted by Crippen LogP contribution is -2.24. The van der Waals surface area contributed by atoms with Crippen LogP contribution in [0, 0.1) is 0 Å². The van der Waals surface area contributed by atoms with Gasteiger partial charge >= 0.3 is 6.09 Å². The Bertz CT molecular complexity index is 669. The summed E-state index contributed by atoms with van der Waals surface area (Å²) in [6.45, 7) is 2.86. The lowest BCUT2D eigenvalue weighted by molar-refractivity contribution is 0.135. The van der Waals surface area contributed by atoms with E-state index in [0.717, 1.165) is 29.7 Å². The number of hydrogen-bond acceptors (Lipinski definition) is 2. The van der Waals surface area contributed by atoms with Crippen molar-refractivity contribution >= 4 is 11.8 Å². The summed E-state index contributed by atoms with van der Waals surface area (Å²) in [6.07, 6.45) is 5.58. The van der Waals surface area contributed by atoms with Gasteiger partial charge < -0.3 is 4.74 Å². The van der Waals surface area contributed by atoms with Gasteiger partial charge in [-0.3, -0.25) is 4.90 Å². The van der Waals surface area contributed by atoms with Crippen LogP contribution in [-0.4, -0.2) is 18.7 Å². The number of ether oxygens (including phenoxy) is 1. The summed E-state index contributed by atoms with van der Waals surface area (Å²) in [6, 6.07) is 18.3. The summed E-state index contributed by atoms with van der Waals surface area (Å²) >= 11 is 0. The first kappa shape index (κ1) is 16.6. The van der Waals surface area contributed by atoms with Gasteiger partial charge in [-0.1, -0.05) is 68.7 Å². The molecule has 1 atom stereocenters. The predicted molar refractivity (Wildman–Crippen MR) is 98.3 cm³/mol. The SMILES string of the molecule is CCCCCCC1CN(c2cccc(-c3ccccc3)c2)C(=O)O1. The maximum absolute atomic E-state index is 12.2. The summed E-state index contributed by atoms with van der Waals surface area (Å²) in [5.41, 5.74) is 3.19. The highest BCUT2D eigenvalue weighted by Gasteiger charge is 2.31. The zero-order valence-electron chi connectivity index (χ0n) is 14.3. The Kier molecular flexibility index (Phi) is 5.52. The van der Waals surface area contributed by atoms with Gasteiger partial charge in [-0.05, 0) is 36.1 Å². The molecule has 1 heterocycles. The fourth-order valence-electron chi connectivity index (χ4n) is 3.17. The van der Waals surface area contributed by atoms with Crippen molar-refractivity contribution in [1.29, 1.82) is 0 Å². The molecule has 3 nitrogen and oxygen atoms in total. The second kappa shape index (κ2) is 8.00. The molecule has 0 aromatic heterocycles. The Morgan fingerprint density at radius 2 is 1.79 bits per heavy atom. The number of unbranched alkanes of at least 4 members (excludes halogenated alkanes) is 3. The molecule has 0 radical (unpaired) electrons. The summed E-state index contributed by atoms with van der Waals surface area (Å²) in [7, 11) is 0. The standard InChI is InChI=1S/C21H25NO2/c1-2-3-4-8-14-20-16-22(21(23)24-20)19-13-9-12-18(15-19)17-10-6-5-7-11-17/h5-7,9-13,15,20H,2-4,8,14,16H2,1H3. The highest BCUT2D eigenvalue weighted by atomic mass is 16.6. The number of benzene rings is 2. The van der Waals surface area contributed by atoms with Crippen LogP contribution in [0.25, 0.3) is 11.1 Å². The van der Waals surface area contributed by atoms with E-state index in [1.165, 1.54) is 19.3 Å². The van der Waals surface area contributed by atoms with E-state index in [9.17, 15) is 4.79 Å². The Labute approximate surface area is 144 Å². The fourth-order valence-corrected chi connectivity index (χ4v) is 3.17. The Balaban J connectivity index is 1.67. The van der Waals surface area contributed by atoms with E-state index in [1.54, 1.807) is 4.90 Å². The third kappa shape index (κ3) is 3.97. The van der Waals surface area contributed by atoms with Crippen molar-refractivity contribution in [2.24, 2.45) is 0 Å². The van der Waals surface area contributed by atoms with Crippen molar-refractivity contribution in [2.45, 2.75) is 45.1 Å². The largest absolute Gasteiger partial charge is 0.444 e. The second-order valence-corrected chi connectivity index (χ2v) is 6.38. The first-order valence-electron chi connectivity index (χ1n) is 8.91. The number of carbonyl (C=O) groups excluding carboxylic acids is 1. The molecule has 126 valence electrons. The van der Waals surface area contributed by atoms with Crippen LogP contribution in [0.2, 0.25) is 0 Å². The molecule has 0 bridgehead atoms. The van der Waals surface area contributed by atoms with Crippen LogP contribution in [0.4, 0.5) is 10.5 Å². The summed E-state index contributed by atoms with van der Waals surface area (Å²) < 4.78 is 5.54. The van der Waals surface area contributed by atoms with Gasteiger partial charge in [0.2, 0.25) is 0 Å². The molecule has 1 unspecified atom stereocenters. The van der Waals surface area contributed by atoms with Crippen LogP contribution >= 0.6 is 0 Å². The molecule has 1 aliphatic rings. The van der Waals surface area contributed by atoms with Crippen LogP contribution in [0.15, 0.2) is 54.6 Å². The molecule has 0 saturated carbocycles. The van der Waals surface area contributed by atoms with Crippen LogP contribution < -0.4 is 4.90 Å². The average molecular weight is 323 g/mol. The molecule has 3 heteroatoms. The van der Waals surface area contributed by atoms with Gasteiger partial charge in [0.25, 0.3) is 0 Å². The normalized spacial score (nSPS) is 17.1. The third-order valence-electron chi connectivity index (χ3n) is 4.52. The second-order valence-electron chi connectivity index (χ2n) is 6.38. The van der Waals surface area contributed by atoms with E-state index >= 15 is 0 Å². The van der Waals surface area contributed by atoms with E-state index < -0.39 is 0 Å². The molecule has 0 spiro atoms. The van der Waals surface area contributed by atoms with Gasteiger partial charge in [-0.2, -0.15) is 0 Å². The van der Waals surface area contributed by atoms with Crippen LogP contribution in [0.3, 0.4) is 0 Å². The van der Waals surface area contributed by atoms with E-state index in [2.05, 4.69) is 31.2 Å². The first-order valence-corrected chi connectivity index (χ1v) is 8.91. The van der Waals surface area contributed by atoms with Crippen molar-refractivity contribution in [1.82, 2.24) is 0 Å². The molecule has 2 aromatic carbocycles. The van der Waals surface area contributed by atoms with Crippen molar-refractivity contribution in [3.8, 4) is 11.1 Å². The molecule has 0 N–H and O–H groups in total. The third-order valence-corrected chi connectivity index (χ3v) is 4.52. The van der Waals surface area contributed by atoms with E-state index in [-0.39, 0.29) is 12.2 Å². The minimum atomic E-state index is -0.222. The minimum Gasteiger partial charge on any atom is -0.444 e. The quantitative estimate of drug-likeness (QED) is 0.616. The molecular weight excluding hydrogens is 298 g/mol. The Morgan fingerprint density at radius 3 is 2.58 bits per heavy atom. The topological polar surface area (TPSA) is 29.5 Å². The molecule has 2 aromatic rings. The van der Waals surface area contributed by atoms with Crippen LogP contribution in [0.1, 0.15) is 39.0 Å². The summed E-state index contributed by atoms with van der Waals surface area (Å²) in [4.78, 5) is 14.0. The van der Waals surface area contributed by atoms with Crippen molar-refractivity contribution < 1.29 is 9.53 Å². The molecule has 1 fully saturated rings. The van der Waals surface area contributed by atoms with E-state index in [1.807, 2.05) is 30.3 Å². The van der Waals surface area contributed by atoms with Crippen molar-refractivity contribution in [2.75, 3.05) is 11.4 Å². The van der Waals surface area contributed by atoms with Gasteiger partial charge in [0, 0.05) is 5.69 Å². The molecule has 3 rings (SSSR count). The summed E-state index contributed by atoms with van der Waals surface area (Å²) in [5.74, 6) is 0. The number of carbonyl (C=O) groups is 1. The lowest BCUT2D eigenvalue weighted by atomic mass is 10.0. The molecular formula is C21H25NO2. The van der Waals surface area contributed by atoms with Gasteiger partial charge in [-0.25, -0.2) is 4.79 Å². The maximum Gasteiger partial charge on any atom is 0.414 e. The zero-order valence-corrected chi connectivity index (χ0v) is 14.3. The average Bonchev–Trinajstić information content (AvgIpc) is 3.00. The molecule has 0 aliphatic carbocycles. The van der Waals surface area contributed by atoms with E-state index in [4.69, 9.17) is 4.74 Å². The molecule has 1 amide bonds. The number of rotatable bonds is 7. The zero-order chi connectivity index (χ0) is 16.8. The number of hydrogen-bond donors (Lipinski definition) is 0. The highest BCUT2D eigenvalue weighted by Crippen LogP contribution is 2.28. The smallest absolute Gasteiger partial charge is 0.414 e.